The van der Waals surface area contributed by atoms with E-state index in [0.29, 0.717) is 13.1 Å². The van der Waals surface area contributed by atoms with E-state index in [1.807, 2.05) is 0 Å². The third-order valence-electron chi connectivity index (χ3n) is 5.41. The monoisotopic (exact) mass is 407 g/mol. The first-order chi connectivity index (χ1) is 12.8. The first-order valence-corrected chi connectivity index (χ1v) is 11.8. The van der Waals surface area contributed by atoms with Gasteiger partial charge in [-0.05, 0) is 13.0 Å². The SMILES string of the molecule is CCCCCCCCCCCCCCCCCCCN(CCO)CCO.Cl. The average molecular weight is 408 g/mol. The van der Waals surface area contributed by atoms with E-state index in [9.17, 15) is 0 Å². The Balaban J connectivity index is 0. The molecule has 0 unspecified atom stereocenters. The van der Waals surface area contributed by atoms with E-state index >= 15 is 0 Å². The zero-order chi connectivity index (χ0) is 19.1. The van der Waals surface area contributed by atoms with Gasteiger partial charge in [-0.1, -0.05) is 110 Å². The lowest BCUT2D eigenvalue weighted by Gasteiger charge is -2.19. The van der Waals surface area contributed by atoms with Crippen LogP contribution in [-0.2, 0) is 0 Å². The van der Waals surface area contributed by atoms with Crippen molar-refractivity contribution in [3.8, 4) is 0 Å². The largest absolute Gasteiger partial charge is 0.395 e. The van der Waals surface area contributed by atoms with Crippen LogP contribution in [-0.4, -0.2) is 48.0 Å². The second-order valence-electron chi connectivity index (χ2n) is 7.95. The molecule has 0 radical (unpaired) electrons. The number of rotatable bonds is 22. The topological polar surface area (TPSA) is 43.7 Å². The zero-order valence-corrected chi connectivity index (χ0v) is 19.1. The second-order valence-corrected chi connectivity index (χ2v) is 7.95. The molecule has 27 heavy (non-hydrogen) atoms. The van der Waals surface area contributed by atoms with Gasteiger partial charge in [-0.25, -0.2) is 0 Å². The van der Waals surface area contributed by atoms with Gasteiger partial charge in [0, 0.05) is 13.1 Å². The highest BCUT2D eigenvalue weighted by Crippen LogP contribution is 2.14. The number of aliphatic hydroxyl groups excluding tert-OH is 2. The van der Waals surface area contributed by atoms with Crippen molar-refractivity contribution in [1.29, 1.82) is 0 Å². The maximum absolute atomic E-state index is 8.98. The normalized spacial score (nSPS) is 11.1. The molecule has 0 amide bonds. The summed E-state index contributed by atoms with van der Waals surface area (Å²) < 4.78 is 0. The number of nitrogens with zero attached hydrogens (tertiary/aromatic N) is 1. The van der Waals surface area contributed by atoms with Gasteiger partial charge in [-0.2, -0.15) is 0 Å². The Morgan fingerprint density at radius 2 is 0.741 bits per heavy atom. The molecule has 3 nitrogen and oxygen atoms in total. The van der Waals surface area contributed by atoms with Crippen LogP contribution in [0, 0.1) is 0 Å². The molecule has 0 saturated heterocycles. The first-order valence-electron chi connectivity index (χ1n) is 11.8. The summed E-state index contributed by atoms with van der Waals surface area (Å²) in [5.74, 6) is 0. The van der Waals surface area contributed by atoms with Crippen LogP contribution in [0.15, 0.2) is 0 Å². The number of halogens is 1. The van der Waals surface area contributed by atoms with Crippen molar-refractivity contribution in [3.05, 3.63) is 0 Å². The van der Waals surface area contributed by atoms with E-state index in [2.05, 4.69) is 11.8 Å². The lowest BCUT2D eigenvalue weighted by Crippen LogP contribution is -2.30. The van der Waals surface area contributed by atoms with Crippen molar-refractivity contribution in [1.82, 2.24) is 4.90 Å². The molecule has 0 aromatic heterocycles. The second kappa shape index (κ2) is 26.2. The molecule has 0 fully saturated rings. The summed E-state index contributed by atoms with van der Waals surface area (Å²) in [6.45, 7) is 5.07. The molecule has 0 spiro atoms. The van der Waals surface area contributed by atoms with E-state index in [4.69, 9.17) is 10.2 Å². The smallest absolute Gasteiger partial charge is 0.0558 e. The van der Waals surface area contributed by atoms with Crippen molar-refractivity contribution >= 4 is 12.4 Å². The van der Waals surface area contributed by atoms with Crippen molar-refractivity contribution in [2.24, 2.45) is 0 Å². The molecule has 4 heteroatoms. The van der Waals surface area contributed by atoms with Gasteiger partial charge in [0.15, 0.2) is 0 Å². The highest BCUT2D eigenvalue weighted by atomic mass is 35.5. The van der Waals surface area contributed by atoms with Gasteiger partial charge in [-0.3, -0.25) is 4.90 Å². The Hall–Kier alpha value is 0.170. The van der Waals surface area contributed by atoms with E-state index in [1.165, 1.54) is 109 Å². The van der Waals surface area contributed by atoms with Crippen LogP contribution in [0.2, 0.25) is 0 Å². The molecule has 0 aromatic carbocycles. The molecule has 2 N–H and O–H groups in total. The Morgan fingerprint density at radius 1 is 0.444 bits per heavy atom. The molecule has 0 aromatic rings. The molecule has 0 aliphatic rings. The van der Waals surface area contributed by atoms with Crippen molar-refractivity contribution < 1.29 is 10.2 Å². The number of aliphatic hydroxyl groups is 2. The zero-order valence-electron chi connectivity index (χ0n) is 18.3. The van der Waals surface area contributed by atoms with Gasteiger partial charge in [0.1, 0.15) is 0 Å². The molecular formula is C23H50ClNO2. The van der Waals surface area contributed by atoms with Crippen LogP contribution < -0.4 is 0 Å². The Morgan fingerprint density at radius 3 is 1.04 bits per heavy atom. The minimum atomic E-state index is 0. The summed E-state index contributed by atoms with van der Waals surface area (Å²) in [6, 6.07) is 0. The van der Waals surface area contributed by atoms with Crippen LogP contribution >= 0.6 is 12.4 Å². The van der Waals surface area contributed by atoms with Crippen molar-refractivity contribution in [2.75, 3.05) is 32.8 Å². The molecule has 0 aliphatic carbocycles. The Labute approximate surface area is 176 Å². The van der Waals surface area contributed by atoms with Crippen molar-refractivity contribution in [2.45, 2.75) is 116 Å². The highest BCUT2D eigenvalue weighted by Gasteiger charge is 2.02. The predicted octanol–water partition coefficient (Wildman–Crippen LogP) is 6.35. The fourth-order valence-corrected chi connectivity index (χ4v) is 3.68. The van der Waals surface area contributed by atoms with Gasteiger partial charge >= 0.3 is 0 Å². The first kappa shape index (κ1) is 29.4. The van der Waals surface area contributed by atoms with Gasteiger partial charge in [0.25, 0.3) is 0 Å². The van der Waals surface area contributed by atoms with Gasteiger partial charge in [0.2, 0.25) is 0 Å². The fraction of sp³-hybridized carbons (Fsp3) is 1.00. The summed E-state index contributed by atoms with van der Waals surface area (Å²) in [6.07, 6.45) is 23.8. The van der Waals surface area contributed by atoms with Crippen LogP contribution in [0.4, 0.5) is 0 Å². The van der Waals surface area contributed by atoms with Gasteiger partial charge in [0.05, 0.1) is 13.2 Å². The predicted molar refractivity (Wildman–Crippen MR) is 122 cm³/mol. The lowest BCUT2D eigenvalue weighted by atomic mass is 10.0. The standard InChI is InChI=1S/C23H49NO2.ClH/c1-2-3-4-5-6-7-8-9-10-11-12-13-14-15-16-17-18-19-24(20-22-25)21-23-26;/h25-26H,2-23H2,1H3;1H. The van der Waals surface area contributed by atoms with Gasteiger partial charge < -0.3 is 10.2 Å². The Bertz CT molecular complexity index is 249. The van der Waals surface area contributed by atoms with Crippen LogP contribution in [0.5, 0.6) is 0 Å². The van der Waals surface area contributed by atoms with Crippen LogP contribution in [0.3, 0.4) is 0 Å². The number of unbranched alkanes of at least 4 members (excludes halogenated alkanes) is 16. The summed E-state index contributed by atoms with van der Waals surface area (Å²) in [7, 11) is 0. The minimum absolute atomic E-state index is 0. The molecule has 0 aliphatic heterocycles. The van der Waals surface area contributed by atoms with Crippen LogP contribution in [0.1, 0.15) is 116 Å². The number of hydrogen-bond acceptors (Lipinski definition) is 3. The third-order valence-corrected chi connectivity index (χ3v) is 5.41. The van der Waals surface area contributed by atoms with Crippen LogP contribution in [0.25, 0.3) is 0 Å². The maximum atomic E-state index is 8.98. The minimum Gasteiger partial charge on any atom is -0.395 e. The summed E-state index contributed by atoms with van der Waals surface area (Å²) in [5.41, 5.74) is 0. The summed E-state index contributed by atoms with van der Waals surface area (Å²) in [4.78, 5) is 2.16. The lowest BCUT2D eigenvalue weighted by molar-refractivity contribution is 0.159. The van der Waals surface area contributed by atoms with E-state index in [-0.39, 0.29) is 25.6 Å². The molecule has 0 rings (SSSR count). The van der Waals surface area contributed by atoms with Gasteiger partial charge in [-0.15, -0.1) is 12.4 Å². The molecule has 0 bridgehead atoms. The number of hydrogen-bond donors (Lipinski definition) is 2. The summed E-state index contributed by atoms with van der Waals surface area (Å²) in [5, 5.41) is 18.0. The molecule has 0 saturated carbocycles. The summed E-state index contributed by atoms with van der Waals surface area (Å²) >= 11 is 0. The third kappa shape index (κ3) is 24.1. The van der Waals surface area contributed by atoms with Crippen molar-refractivity contribution in [3.63, 3.8) is 0 Å². The Kier molecular flexibility index (Phi) is 28.5. The molecular weight excluding hydrogens is 358 g/mol. The van der Waals surface area contributed by atoms with E-state index in [0.717, 1.165) is 6.54 Å². The fourth-order valence-electron chi connectivity index (χ4n) is 3.68. The maximum Gasteiger partial charge on any atom is 0.0558 e. The average Bonchev–Trinajstić information content (AvgIpc) is 2.64. The molecule has 166 valence electrons. The highest BCUT2D eigenvalue weighted by molar-refractivity contribution is 5.85. The molecule has 0 heterocycles. The quantitative estimate of drug-likeness (QED) is 0.205. The van der Waals surface area contributed by atoms with E-state index < -0.39 is 0 Å². The van der Waals surface area contributed by atoms with E-state index in [1.54, 1.807) is 0 Å². The molecule has 0 atom stereocenters.